The van der Waals surface area contributed by atoms with E-state index in [9.17, 15) is 9.59 Å². The molecule has 0 aliphatic carbocycles. The Balaban J connectivity index is 1.84. The molecule has 2 rings (SSSR count). The number of pyridine rings is 1. The number of nitrogens with one attached hydrogen (secondary N) is 1. The molecule has 1 aromatic rings. The number of carbonyl (C=O) groups excluding carboxylic acids is 2. The molecule has 7 heteroatoms. The van der Waals surface area contributed by atoms with Crippen molar-refractivity contribution in [3.8, 4) is 0 Å². The first-order valence-electron chi connectivity index (χ1n) is 7.34. The summed E-state index contributed by atoms with van der Waals surface area (Å²) in [6.07, 6.45) is 1.83. The van der Waals surface area contributed by atoms with Gasteiger partial charge < -0.3 is 19.9 Å². The highest BCUT2D eigenvalue weighted by atomic mass is 16.5. The molecule has 1 amide bonds. The quantitative estimate of drug-likeness (QED) is 0.808. The van der Waals surface area contributed by atoms with Gasteiger partial charge in [0, 0.05) is 32.6 Å². The van der Waals surface area contributed by atoms with Gasteiger partial charge in [-0.2, -0.15) is 0 Å². The number of amides is 1. The molecular weight excluding hydrogens is 284 g/mol. The van der Waals surface area contributed by atoms with Gasteiger partial charge in [0.15, 0.2) is 0 Å². The number of nitrogens with zero attached hydrogens (tertiary/aromatic N) is 3. The fraction of sp³-hybridized carbons (Fsp3) is 0.533. The molecule has 0 unspecified atom stereocenters. The Hall–Kier alpha value is -2.15. The molecule has 0 spiro atoms. The number of aromatic nitrogens is 1. The number of piperazine rings is 1. The first kappa shape index (κ1) is 16.2. The van der Waals surface area contributed by atoms with E-state index in [1.165, 1.54) is 7.11 Å². The van der Waals surface area contributed by atoms with Crippen LogP contribution in [0.1, 0.15) is 12.8 Å². The van der Waals surface area contributed by atoms with E-state index >= 15 is 0 Å². The van der Waals surface area contributed by atoms with Gasteiger partial charge in [-0.05, 0) is 19.2 Å². The minimum atomic E-state index is -0.390. The molecule has 0 saturated carbocycles. The van der Waals surface area contributed by atoms with E-state index in [2.05, 4.69) is 31.9 Å². The zero-order valence-corrected chi connectivity index (χ0v) is 13.0. The molecule has 1 fully saturated rings. The number of esters is 1. The Morgan fingerprint density at radius 3 is 2.55 bits per heavy atom. The number of anilines is 2. The van der Waals surface area contributed by atoms with E-state index < -0.39 is 5.97 Å². The summed E-state index contributed by atoms with van der Waals surface area (Å²) in [6, 6.07) is 3.73. The molecule has 1 saturated heterocycles. The van der Waals surface area contributed by atoms with Crippen molar-refractivity contribution in [3.05, 3.63) is 18.3 Å². The molecule has 7 nitrogen and oxygen atoms in total. The number of methoxy groups -OCH3 is 1. The summed E-state index contributed by atoms with van der Waals surface area (Å²) in [7, 11) is 3.42. The SMILES string of the molecule is COC(=O)CCC(=O)Nc1ccc(N2CCN(C)CC2)nc1. The first-order chi connectivity index (χ1) is 10.6. The fourth-order valence-electron chi connectivity index (χ4n) is 2.22. The van der Waals surface area contributed by atoms with Gasteiger partial charge in [-0.1, -0.05) is 0 Å². The van der Waals surface area contributed by atoms with Gasteiger partial charge in [0.1, 0.15) is 5.82 Å². The first-order valence-corrected chi connectivity index (χ1v) is 7.34. The Labute approximate surface area is 130 Å². The van der Waals surface area contributed by atoms with Crippen LogP contribution in [0, 0.1) is 0 Å². The van der Waals surface area contributed by atoms with Crippen molar-refractivity contribution >= 4 is 23.4 Å². The maximum Gasteiger partial charge on any atom is 0.306 e. The van der Waals surface area contributed by atoms with Crippen LogP contribution in [0.25, 0.3) is 0 Å². The van der Waals surface area contributed by atoms with Gasteiger partial charge in [-0.3, -0.25) is 9.59 Å². The maximum atomic E-state index is 11.7. The van der Waals surface area contributed by atoms with Crippen molar-refractivity contribution in [2.24, 2.45) is 0 Å². The molecule has 2 heterocycles. The number of likely N-dealkylation sites (N-methyl/N-ethyl adjacent to an activating group) is 1. The lowest BCUT2D eigenvalue weighted by Crippen LogP contribution is -2.44. The minimum absolute atomic E-state index is 0.0785. The topological polar surface area (TPSA) is 74.8 Å². The molecule has 0 aromatic carbocycles. The van der Waals surface area contributed by atoms with Crippen LogP contribution >= 0.6 is 0 Å². The van der Waals surface area contributed by atoms with Gasteiger partial charge in [0.2, 0.25) is 5.91 Å². The smallest absolute Gasteiger partial charge is 0.306 e. The summed E-state index contributed by atoms with van der Waals surface area (Å²) < 4.78 is 4.50. The summed E-state index contributed by atoms with van der Waals surface area (Å²) in [4.78, 5) is 31.6. The Bertz CT molecular complexity index is 510. The maximum absolute atomic E-state index is 11.7. The Morgan fingerprint density at radius 2 is 1.95 bits per heavy atom. The normalized spacial score (nSPS) is 15.5. The zero-order chi connectivity index (χ0) is 15.9. The van der Waals surface area contributed by atoms with Crippen LogP contribution in [-0.2, 0) is 14.3 Å². The van der Waals surface area contributed by atoms with E-state index in [0.29, 0.717) is 5.69 Å². The Kier molecular flexibility index (Phi) is 5.71. The second-order valence-corrected chi connectivity index (χ2v) is 5.32. The molecule has 22 heavy (non-hydrogen) atoms. The molecule has 0 bridgehead atoms. The van der Waals surface area contributed by atoms with Crippen molar-refractivity contribution in [3.63, 3.8) is 0 Å². The summed E-state index contributed by atoms with van der Waals surface area (Å²) in [6.45, 7) is 3.95. The standard InChI is InChI=1S/C15H22N4O3/c1-18-7-9-19(10-8-18)13-4-3-12(11-16-13)17-14(20)5-6-15(21)22-2/h3-4,11H,5-10H2,1-2H3,(H,17,20). The van der Waals surface area contributed by atoms with E-state index in [1.807, 2.05) is 12.1 Å². The fourth-order valence-corrected chi connectivity index (χ4v) is 2.22. The van der Waals surface area contributed by atoms with Gasteiger partial charge in [-0.15, -0.1) is 0 Å². The van der Waals surface area contributed by atoms with Crippen LogP contribution < -0.4 is 10.2 Å². The van der Waals surface area contributed by atoms with Crippen molar-refractivity contribution in [2.75, 3.05) is 50.6 Å². The molecule has 1 aromatic heterocycles. The van der Waals surface area contributed by atoms with E-state index in [4.69, 9.17) is 0 Å². The summed E-state index contributed by atoms with van der Waals surface area (Å²) >= 11 is 0. The monoisotopic (exact) mass is 306 g/mol. The predicted octanol–water partition coefficient (Wildman–Crippen LogP) is 0.725. The third kappa shape index (κ3) is 4.70. The molecule has 0 radical (unpaired) electrons. The second kappa shape index (κ2) is 7.74. The van der Waals surface area contributed by atoms with E-state index in [0.717, 1.165) is 32.0 Å². The Morgan fingerprint density at radius 1 is 1.23 bits per heavy atom. The second-order valence-electron chi connectivity index (χ2n) is 5.32. The largest absolute Gasteiger partial charge is 0.469 e. The lowest BCUT2D eigenvalue weighted by molar-refractivity contribution is -0.141. The van der Waals surface area contributed by atoms with E-state index in [1.54, 1.807) is 6.20 Å². The minimum Gasteiger partial charge on any atom is -0.469 e. The molecule has 1 aliphatic heterocycles. The average Bonchev–Trinajstić information content (AvgIpc) is 2.54. The molecule has 1 N–H and O–H groups in total. The van der Waals surface area contributed by atoms with Crippen LogP contribution in [0.2, 0.25) is 0 Å². The van der Waals surface area contributed by atoms with Gasteiger partial charge in [0.25, 0.3) is 0 Å². The van der Waals surface area contributed by atoms with Crippen molar-refractivity contribution in [2.45, 2.75) is 12.8 Å². The highest BCUT2D eigenvalue weighted by Gasteiger charge is 2.15. The van der Waals surface area contributed by atoms with Crippen molar-refractivity contribution in [1.82, 2.24) is 9.88 Å². The molecule has 0 atom stereocenters. The predicted molar refractivity (Wildman–Crippen MR) is 83.8 cm³/mol. The highest BCUT2D eigenvalue weighted by Crippen LogP contribution is 2.16. The molecular formula is C15H22N4O3. The number of hydrogen-bond acceptors (Lipinski definition) is 6. The van der Waals surface area contributed by atoms with Crippen molar-refractivity contribution in [1.29, 1.82) is 0 Å². The highest BCUT2D eigenvalue weighted by molar-refractivity contribution is 5.92. The lowest BCUT2D eigenvalue weighted by atomic mass is 10.3. The van der Waals surface area contributed by atoms with Crippen LogP contribution in [0.3, 0.4) is 0 Å². The van der Waals surface area contributed by atoms with Crippen LogP contribution in [-0.4, -0.2) is 62.1 Å². The number of ether oxygens (including phenoxy) is 1. The van der Waals surface area contributed by atoms with Crippen molar-refractivity contribution < 1.29 is 14.3 Å². The average molecular weight is 306 g/mol. The summed E-state index contributed by atoms with van der Waals surface area (Å²) in [5, 5.41) is 2.72. The number of hydrogen-bond donors (Lipinski definition) is 1. The summed E-state index contributed by atoms with van der Waals surface area (Å²) in [5.74, 6) is 0.305. The zero-order valence-electron chi connectivity index (χ0n) is 13.0. The summed E-state index contributed by atoms with van der Waals surface area (Å²) in [5.41, 5.74) is 0.632. The van der Waals surface area contributed by atoms with Crippen LogP contribution in [0.5, 0.6) is 0 Å². The lowest BCUT2D eigenvalue weighted by Gasteiger charge is -2.33. The van der Waals surface area contributed by atoms with Crippen LogP contribution in [0.15, 0.2) is 18.3 Å². The van der Waals surface area contributed by atoms with Crippen LogP contribution in [0.4, 0.5) is 11.5 Å². The van der Waals surface area contributed by atoms with E-state index in [-0.39, 0.29) is 18.7 Å². The number of rotatable bonds is 5. The molecule has 1 aliphatic rings. The van der Waals surface area contributed by atoms with Gasteiger partial charge >= 0.3 is 5.97 Å². The third-order valence-corrected chi connectivity index (χ3v) is 3.64. The molecule has 120 valence electrons. The third-order valence-electron chi connectivity index (χ3n) is 3.64. The van der Waals surface area contributed by atoms with Gasteiger partial charge in [-0.25, -0.2) is 4.98 Å². The number of carbonyl (C=O) groups is 2. The van der Waals surface area contributed by atoms with Gasteiger partial charge in [0.05, 0.1) is 25.4 Å².